The topological polar surface area (TPSA) is 70.7 Å². The number of rotatable bonds is 5. The van der Waals surface area contributed by atoms with Crippen molar-refractivity contribution in [1.82, 2.24) is 14.9 Å². The molecule has 0 bridgehead atoms. The second kappa shape index (κ2) is 6.59. The van der Waals surface area contributed by atoms with E-state index in [9.17, 15) is 4.79 Å². The Morgan fingerprint density at radius 2 is 2.33 bits per heavy atom. The molecule has 6 heteroatoms. The Balaban J connectivity index is 2.47. The lowest BCUT2D eigenvalue weighted by molar-refractivity contribution is -0.121. The van der Waals surface area contributed by atoms with Crippen molar-refractivity contribution in [3.05, 3.63) is 29.6 Å². The van der Waals surface area contributed by atoms with E-state index in [0.717, 1.165) is 11.9 Å². The summed E-state index contributed by atoms with van der Waals surface area (Å²) in [5.74, 6) is 0.512. The molecule has 0 fully saturated rings. The van der Waals surface area contributed by atoms with Crippen LogP contribution in [0.25, 0.3) is 11.0 Å². The first-order chi connectivity index (χ1) is 10.1. The number of carbonyl (C=O) groups is 1. The van der Waals surface area contributed by atoms with Gasteiger partial charge in [0.15, 0.2) is 0 Å². The van der Waals surface area contributed by atoms with Crippen molar-refractivity contribution in [1.29, 1.82) is 5.26 Å². The molecule has 21 heavy (non-hydrogen) atoms. The molecule has 1 atom stereocenters. The van der Waals surface area contributed by atoms with Gasteiger partial charge in [-0.15, -0.1) is 11.6 Å². The van der Waals surface area contributed by atoms with Gasteiger partial charge >= 0.3 is 0 Å². The zero-order chi connectivity index (χ0) is 15.4. The van der Waals surface area contributed by atoms with E-state index in [1.807, 2.05) is 13.0 Å². The molecule has 0 aliphatic heterocycles. The summed E-state index contributed by atoms with van der Waals surface area (Å²) in [6, 6.07) is 7.46. The summed E-state index contributed by atoms with van der Waals surface area (Å²) in [4.78, 5) is 16.4. The van der Waals surface area contributed by atoms with Crippen LogP contribution < -0.4 is 5.32 Å². The van der Waals surface area contributed by atoms with Crippen molar-refractivity contribution in [2.75, 3.05) is 6.54 Å². The number of nitriles is 1. The number of hydrogen-bond acceptors (Lipinski definition) is 3. The van der Waals surface area contributed by atoms with Gasteiger partial charge < -0.3 is 9.88 Å². The standard InChI is InChI=1S/C15H17ClN4O/c1-3-7-18-13(21)9-20-12-6-4-5-11(8-17)14(12)19-15(20)10(2)16/h4-6,10H,3,7,9H2,1-2H3,(H,18,21). The van der Waals surface area contributed by atoms with Crippen molar-refractivity contribution in [2.24, 2.45) is 0 Å². The number of amides is 1. The lowest BCUT2D eigenvalue weighted by atomic mass is 10.2. The molecule has 110 valence electrons. The van der Waals surface area contributed by atoms with Crippen molar-refractivity contribution in [3.63, 3.8) is 0 Å². The Hall–Kier alpha value is -2.06. The quantitative estimate of drug-likeness (QED) is 0.863. The number of benzene rings is 1. The van der Waals surface area contributed by atoms with Crippen molar-refractivity contribution >= 4 is 28.5 Å². The highest BCUT2D eigenvalue weighted by atomic mass is 35.5. The molecule has 1 heterocycles. The highest BCUT2D eigenvalue weighted by Crippen LogP contribution is 2.26. The number of aromatic nitrogens is 2. The molecule has 1 aromatic heterocycles. The highest BCUT2D eigenvalue weighted by molar-refractivity contribution is 6.20. The number of carbonyl (C=O) groups excluding carboxylic acids is 1. The summed E-state index contributed by atoms with van der Waals surface area (Å²) < 4.78 is 1.78. The molecule has 1 amide bonds. The minimum absolute atomic E-state index is 0.0860. The third-order valence-corrected chi connectivity index (χ3v) is 3.35. The second-order valence-electron chi connectivity index (χ2n) is 4.81. The van der Waals surface area contributed by atoms with Crippen LogP contribution in [0, 0.1) is 11.3 Å². The van der Waals surface area contributed by atoms with Crippen molar-refractivity contribution in [3.8, 4) is 6.07 Å². The smallest absolute Gasteiger partial charge is 0.240 e. The van der Waals surface area contributed by atoms with Crippen LogP contribution in [0.15, 0.2) is 18.2 Å². The van der Waals surface area contributed by atoms with E-state index in [1.54, 1.807) is 23.6 Å². The molecular formula is C15H17ClN4O. The highest BCUT2D eigenvalue weighted by Gasteiger charge is 2.18. The molecule has 0 radical (unpaired) electrons. The Morgan fingerprint density at radius 3 is 2.95 bits per heavy atom. The SMILES string of the molecule is CCCNC(=O)Cn1c(C(C)Cl)nc2c(C#N)cccc21. The minimum atomic E-state index is -0.345. The number of nitrogens with zero attached hydrogens (tertiary/aromatic N) is 3. The first-order valence-electron chi connectivity index (χ1n) is 6.88. The average molecular weight is 305 g/mol. The van der Waals surface area contributed by atoms with Crippen LogP contribution >= 0.6 is 11.6 Å². The number of nitrogens with one attached hydrogen (secondary N) is 1. The minimum Gasteiger partial charge on any atom is -0.355 e. The number of halogens is 1. The number of imidazole rings is 1. The fraction of sp³-hybridized carbons (Fsp3) is 0.400. The molecule has 2 aromatic rings. The summed E-state index contributed by atoms with van der Waals surface area (Å²) in [6.45, 7) is 4.59. The predicted octanol–water partition coefficient (Wildman–Crippen LogP) is 2.73. The molecule has 1 aromatic carbocycles. The Kier molecular flexibility index (Phi) is 4.81. The number of para-hydroxylation sites is 1. The van der Waals surface area contributed by atoms with Gasteiger partial charge in [-0.3, -0.25) is 4.79 Å². The van der Waals surface area contributed by atoms with Gasteiger partial charge in [0, 0.05) is 6.54 Å². The summed E-state index contributed by atoms with van der Waals surface area (Å²) >= 11 is 6.17. The summed E-state index contributed by atoms with van der Waals surface area (Å²) in [7, 11) is 0. The Bertz CT molecular complexity index is 699. The van der Waals surface area contributed by atoms with E-state index in [1.165, 1.54) is 0 Å². The van der Waals surface area contributed by atoms with Gasteiger partial charge in [-0.25, -0.2) is 4.98 Å². The van der Waals surface area contributed by atoms with Crippen molar-refractivity contribution in [2.45, 2.75) is 32.2 Å². The summed E-state index contributed by atoms with van der Waals surface area (Å²) in [6.07, 6.45) is 0.883. The maximum atomic E-state index is 12.0. The largest absolute Gasteiger partial charge is 0.355 e. The van der Waals surface area contributed by atoms with E-state index in [-0.39, 0.29) is 17.8 Å². The maximum absolute atomic E-state index is 12.0. The first kappa shape index (κ1) is 15.3. The molecule has 2 rings (SSSR count). The maximum Gasteiger partial charge on any atom is 0.240 e. The fourth-order valence-corrected chi connectivity index (χ4v) is 2.36. The molecular weight excluding hydrogens is 288 g/mol. The van der Waals surface area contributed by atoms with Crippen LogP contribution in [0.2, 0.25) is 0 Å². The normalized spacial score (nSPS) is 12.1. The second-order valence-corrected chi connectivity index (χ2v) is 5.46. The number of fused-ring (bicyclic) bond motifs is 1. The zero-order valence-electron chi connectivity index (χ0n) is 12.1. The van der Waals surface area contributed by atoms with E-state index in [2.05, 4.69) is 16.4 Å². The molecule has 1 unspecified atom stereocenters. The Morgan fingerprint density at radius 1 is 1.57 bits per heavy atom. The van der Waals surface area contributed by atoms with Gasteiger partial charge in [-0.05, 0) is 25.5 Å². The summed E-state index contributed by atoms with van der Waals surface area (Å²) in [5, 5.41) is 11.7. The average Bonchev–Trinajstić information content (AvgIpc) is 2.84. The van der Waals surface area contributed by atoms with Gasteiger partial charge in [0.25, 0.3) is 0 Å². The van der Waals surface area contributed by atoms with E-state index >= 15 is 0 Å². The molecule has 5 nitrogen and oxygen atoms in total. The van der Waals surface area contributed by atoms with E-state index < -0.39 is 0 Å². The third-order valence-electron chi connectivity index (χ3n) is 3.16. The zero-order valence-corrected chi connectivity index (χ0v) is 12.8. The molecule has 0 spiro atoms. The molecule has 1 N–H and O–H groups in total. The van der Waals surface area contributed by atoms with Crippen LogP contribution in [0.5, 0.6) is 0 Å². The van der Waals surface area contributed by atoms with E-state index in [0.29, 0.717) is 23.4 Å². The predicted molar refractivity (Wildman–Crippen MR) is 82.0 cm³/mol. The fourth-order valence-electron chi connectivity index (χ4n) is 2.19. The van der Waals surface area contributed by atoms with Crippen LogP contribution in [-0.2, 0) is 11.3 Å². The lowest BCUT2D eigenvalue weighted by Crippen LogP contribution is -2.28. The third kappa shape index (κ3) is 3.17. The molecule has 0 aliphatic carbocycles. The van der Waals surface area contributed by atoms with Crippen molar-refractivity contribution < 1.29 is 4.79 Å². The van der Waals surface area contributed by atoms with Gasteiger partial charge in [0.05, 0.1) is 16.5 Å². The van der Waals surface area contributed by atoms with Gasteiger partial charge in [0.2, 0.25) is 5.91 Å². The first-order valence-corrected chi connectivity index (χ1v) is 7.32. The summed E-state index contributed by atoms with van der Waals surface area (Å²) in [5.41, 5.74) is 1.83. The van der Waals surface area contributed by atoms with Crippen LogP contribution in [-0.4, -0.2) is 22.0 Å². The lowest BCUT2D eigenvalue weighted by Gasteiger charge is -2.10. The molecule has 0 aliphatic rings. The van der Waals surface area contributed by atoms with Gasteiger partial charge in [0.1, 0.15) is 24.0 Å². The van der Waals surface area contributed by atoms with Gasteiger partial charge in [-0.2, -0.15) is 5.26 Å². The Labute approximate surface area is 128 Å². The van der Waals surface area contributed by atoms with Crippen LogP contribution in [0.1, 0.15) is 37.0 Å². The van der Waals surface area contributed by atoms with Crippen LogP contribution in [0.4, 0.5) is 0 Å². The monoisotopic (exact) mass is 304 g/mol. The van der Waals surface area contributed by atoms with E-state index in [4.69, 9.17) is 16.9 Å². The molecule has 0 saturated carbocycles. The number of alkyl halides is 1. The number of hydrogen-bond donors (Lipinski definition) is 1. The van der Waals surface area contributed by atoms with Gasteiger partial charge in [-0.1, -0.05) is 13.0 Å². The molecule has 0 saturated heterocycles. The van der Waals surface area contributed by atoms with Crippen LogP contribution in [0.3, 0.4) is 0 Å².